The fourth-order valence-electron chi connectivity index (χ4n) is 2.94. The van der Waals surface area contributed by atoms with Crippen LogP contribution < -0.4 is 24.8 Å². The average Bonchev–Trinajstić information content (AvgIpc) is 2.77. The maximum absolute atomic E-state index is 5.86. The largest absolute Gasteiger partial charge is 0.493 e. The number of hydrogen-bond donors (Lipinski definition) is 2. The number of nitrogens with one attached hydrogen (secondary N) is 2. The number of benzene rings is 2. The third kappa shape index (κ3) is 8.82. The van der Waals surface area contributed by atoms with Crippen LogP contribution in [0.4, 0.5) is 0 Å². The van der Waals surface area contributed by atoms with Crippen LogP contribution in [0.25, 0.3) is 0 Å². The quantitative estimate of drug-likeness (QED) is 0.196. The highest BCUT2D eigenvalue weighted by Gasteiger charge is 2.07. The molecule has 0 radical (unpaired) electrons. The summed E-state index contributed by atoms with van der Waals surface area (Å²) in [5, 5.41) is 6.69. The lowest BCUT2D eigenvalue weighted by atomic mass is 10.1. The number of halogens is 1. The highest BCUT2D eigenvalue weighted by atomic mass is 127. The van der Waals surface area contributed by atoms with Gasteiger partial charge in [-0.1, -0.05) is 18.2 Å². The molecule has 2 aromatic rings. The van der Waals surface area contributed by atoms with E-state index in [1.54, 1.807) is 28.4 Å². The molecule has 0 unspecified atom stereocenters. The Labute approximate surface area is 202 Å². The van der Waals surface area contributed by atoms with Crippen LogP contribution in [0.15, 0.2) is 41.4 Å². The van der Waals surface area contributed by atoms with Crippen molar-refractivity contribution in [2.75, 3.05) is 48.1 Å². The smallest absolute Gasteiger partial charge is 0.191 e. The lowest BCUT2D eigenvalue weighted by Crippen LogP contribution is -2.38. The second-order valence-electron chi connectivity index (χ2n) is 6.74. The van der Waals surface area contributed by atoms with Gasteiger partial charge >= 0.3 is 0 Å². The average molecular weight is 543 g/mol. The van der Waals surface area contributed by atoms with Gasteiger partial charge in [-0.15, -0.1) is 24.0 Å². The van der Waals surface area contributed by atoms with Gasteiger partial charge in [-0.2, -0.15) is 0 Å². The Balaban J connectivity index is 0.00000480. The Bertz CT molecular complexity index is 830. The Hall–Kier alpha value is -2.20. The Morgan fingerprint density at radius 1 is 0.903 bits per heavy atom. The molecule has 0 fully saturated rings. The van der Waals surface area contributed by atoms with Crippen molar-refractivity contribution in [2.45, 2.75) is 19.9 Å². The number of nitrogens with zero attached hydrogens (tertiary/aromatic N) is 1. The molecule has 2 rings (SSSR count). The summed E-state index contributed by atoms with van der Waals surface area (Å²) in [6, 6.07) is 12.1. The molecule has 0 amide bonds. The maximum Gasteiger partial charge on any atom is 0.191 e. The second kappa shape index (κ2) is 14.7. The number of rotatable bonds is 11. The van der Waals surface area contributed by atoms with Crippen LogP contribution in [0.2, 0.25) is 0 Å². The SMILES string of the molecule is CN=C(NCCc1ccc(OC)c(OC)c1)NCc1ccc(C)cc1OCCOC.I. The molecule has 7 nitrogen and oxygen atoms in total. The number of aryl methyl sites for hydroxylation is 1. The molecule has 0 atom stereocenters. The van der Waals surface area contributed by atoms with E-state index in [4.69, 9.17) is 18.9 Å². The Kier molecular flexibility index (Phi) is 12.8. The van der Waals surface area contributed by atoms with Crippen LogP contribution in [0.5, 0.6) is 17.2 Å². The van der Waals surface area contributed by atoms with Gasteiger partial charge in [0.05, 0.1) is 20.8 Å². The summed E-state index contributed by atoms with van der Waals surface area (Å²) in [5.41, 5.74) is 3.38. The van der Waals surface area contributed by atoms with Crippen molar-refractivity contribution in [2.24, 2.45) is 4.99 Å². The summed E-state index contributed by atoms with van der Waals surface area (Å²) in [6.07, 6.45) is 0.830. The van der Waals surface area contributed by atoms with Crippen molar-refractivity contribution in [3.05, 3.63) is 53.1 Å². The van der Waals surface area contributed by atoms with E-state index in [2.05, 4.69) is 34.7 Å². The van der Waals surface area contributed by atoms with E-state index in [0.717, 1.165) is 52.9 Å². The van der Waals surface area contributed by atoms with Gasteiger partial charge in [0.25, 0.3) is 0 Å². The molecule has 0 spiro atoms. The van der Waals surface area contributed by atoms with Gasteiger partial charge in [-0.25, -0.2) is 0 Å². The van der Waals surface area contributed by atoms with Gasteiger partial charge in [-0.05, 0) is 42.7 Å². The zero-order chi connectivity index (χ0) is 21.8. The van der Waals surface area contributed by atoms with Crippen molar-refractivity contribution < 1.29 is 18.9 Å². The lowest BCUT2D eigenvalue weighted by molar-refractivity contribution is 0.145. The van der Waals surface area contributed by atoms with Gasteiger partial charge in [0.1, 0.15) is 12.4 Å². The molecule has 0 heterocycles. The highest BCUT2D eigenvalue weighted by Crippen LogP contribution is 2.27. The van der Waals surface area contributed by atoms with Crippen molar-refractivity contribution >= 4 is 29.9 Å². The van der Waals surface area contributed by atoms with E-state index in [1.165, 1.54) is 0 Å². The molecule has 0 bridgehead atoms. The first-order valence-corrected chi connectivity index (χ1v) is 9.98. The summed E-state index contributed by atoms with van der Waals surface area (Å²) < 4.78 is 21.6. The van der Waals surface area contributed by atoms with E-state index in [1.807, 2.05) is 24.3 Å². The van der Waals surface area contributed by atoms with E-state index < -0.39 is 0 Å². The van der Waals surface area contributed by atoms with Crippen LogP contribution in [0.1, 0.15) is 16.7 Å². The topological polar surface area (TPSA) is 73.3 Å². The summed E-state index contributed by atoms with van der Waals surface area (Å²) in [7, 11) is 6.71. The number of guanidine groups is 1. The zero-order valence-electron chi connectivity index (χ0n) is 19.0. The summed E-state index contributed by atoms with van der Waals surface area (Å²) in [6.45, 7) is 4.47. The summed E-state index contributed by atoms with van der Waals surface area (Å²) in [4.78, 5) is 4.31. The van der Waals surface area contributed by atoms with Crippen molar-refractivity contribution in [1.29, 1.82) is 0 Å². The molecule has 2 aromatic carbocycles. The van der Waals surface area contributed by atoms with Crippen molar-refractivity contribution in [1.82, 2.24) is 10.6 Å². The highest BCUT2D eigenvalue weighted by molar-refractivity contribution is 14.0. The van der Waals surface area contributed by atoms with Gasteiger partial charge in [-0.3, -0.25) is 4.99 Å². The normalized spacial score (nSPS) is 10.8. The van der Waals surface area contributed by atoms with Crippen molar-refractivity contribution in [3.8, 4) is 17.2 Å². The molecule has 172 valence electrons. The number of methoxy groups -OCH3 is 3. The Morgan fingerprint density at radius 2 is 1.68 bits per heavy atom. The molecule has 0 aliphatic heterocycles. The Morgan fingerprint density at radius 3 is 2.35 bits per heavy atom. The lowest BCUT2D eigenvalue weighted by Gasteiger charge is -2.16. The first kappa shape index (κ1) is 26.8. The van der Waals surface area contributed by atoms with Gasteiger partial charge in [0, 0.05) is 32.8 Å². The van der Waals surface area contributed by atoms with E-state index in [0.29, 0.717) is 19.8 Å². The second-order valence-corrected chi connectivity index (χ2v) is 6.74. The predicted octanol–water partition coefficient (Wildman–Crippen LogP) is 3.56. The fourth-order valence-corrected chi connectivity index (χ4v) is 2.94. The van der Waals surface area contributed by atoms with E-state index >= 15 is 0 Å². The summed E-state index contributed by atoms with van der Waals surface area (Å²) in [5.74, 6) is 3.06. The molecule has 0 saturated carbocycles. The minimum absolute atomic E-state index is 0. The third-order valence-electron chi connectivity index (χ3n) is 4.59. The minimum Gasteiger partial charge on any atom is -0.493 e. The predicted molar refractivity (Wildman–Crippen MR) is 135 cm³/mol. The van der Waals surface area contributed by atoms with Gasteiger partial charge in [0.2, 0.25) is 0 Å². The van der Waals surface area contributed by atoms with Crippen LogP contribution in [0.3, 0.4) is 0 Å². The van der Waals surface area contributed by atoms with Gasteiger partial charge < -0.3 is 29.6 Å². The van der Waals surface area contributed by atoms with Crippen LogP contribution in [0, 0.1) is 6.92 Å². The van der Waals surface area contributed by atoms with E-state index in [9.17, 15) is 0 Å². The summed E-state index contributed by atoms with van der Waals surface area (Å²) >= 11 is 0. The molecule has 0 saturated heterocycles. The number of hydrogen-bond acceptors (Lipinski definition) is 5. The van der Waals surface area contributed by atoms with Crippen LogP contribution >= 0.6 is 24.0 Å². The molecular formula is C23H34IN3O4. The van der Waals surface area contributed by atoms with Crippen LogP contribution in [-0.4, -0.2) is 54.1 Å². The van der Waals surface area contributed by atoms with Crippen LogP contribution in [-0.2, 0) is 17.7 Å². The first-order valence-electron chi connectivity index (χ1n) is 9.98. The number of aliphatic imine (C=N–C) groups is 1. The van der Waals surface area contributed by atoms with E-state index in [-0.39, 0.29) is 24.0 Å². The molecule has 31 heavy (non-hydrogen) atoms. The molecular weight excluding hydrogens is 509 g/mol. The molecule has 0 aliphatic carbocycles. The molecule has 8 heteroatoms. The zero-order valence-corrected chi connectivity index (χ0v) is 21.3. The van der Waals surface area contributed by atoms with Crippen molar-refractivity contribution in [3.63, 3.8) is 0 Å². The van der Waals surface area contributed by atoms with Gasteiger partial charge in [0.15, 0.2) is 17.5 Å². The minimum atomic E-state index is 0. The maximum atomic E-state index is 5.86. The third-order valence-corrected chi connectivity index (χ3v) is 4.59. The molecule has 0 aromatic heterocycles. The first-order chi connectivity index (χ1) is 14.6. The fraction of sp³-hybridized carbons (Fsp3) is 0.435. The molecule has 0 aliphatic rings. The monoisotopic (exact) mass is 543 g/mol. The number of ether oxygens (including phenoxy) is 4. The molecule has 2 N–H and O–H groups in total. The standard InChI is InChI=1S/C23H33N3O4.HI/c1-17-6-8-19(21(14-17)30-13-12-27-3)16-26-23(24-2)25-11-10-18-7-9-20(28-4)22(15-18)29-5;/h6-9,14-15H,10-13,16H2,1-5H3,(H2,24,25,26);1H.